The second kappa shape index (κ2) is 11.3. The maximum Gasteiger partial charge on any atom is 0.500 e. The van der Waals surface area contributed by atoms with Gasteiger partial charge in [-0.15, -0.1) is 0 Å². The highest BCUT2D eigenvalue weighted by atomic mass is 28.4. The van der Waals surface area contributed by atoms with Crippen molar-refractivity contribution < 1.29 is 13.3 Å². The van der Waals surface area contributed by atoms with Gasteiger partial charge in [-0.05, 0) is 36.7 Å². The van der Waals surface area contributed by atoms with E-state index >= 15 is 0 Å². The largest absolute Gasteiger partial charge is 0.500 e. The lowest BCUT2D eigenvalue weighted by atomic mass is 10.2. The zero-order valence-electron chi connectivity index (χ0n) is 17.0. The second-order valence-electron chi connectivity index (χ2n) is 6.59. The number of hydrogen-bond acceptors (Lipinski definition) is 4. The zero-order chi connectivity index (χ0) is 18.8. The second-order valence-corrected chi connectivity index (χ2v) is 14.9. The van der Waals surface area contributed by atoms with Crippen LogP contribution < -0.4 is 0 Å². The van der Waals surface area contributed by atoms with E-state index in [0.717, 1.165) is 25.6 Å². The molecule has 1 aromatic rings. The summed E-state index contributed by atoms with van der Waals surface area (Å²) in [5, 5.41) is 0. The Morgan fingerprint density at radius 1 is 0.840 bits per heavy atom. The van der Waals surface area contributed by atoms with Gasteiger partial charge in [0.2, 0.25) is 0 Å². The average molecular weight is 384 g/mol. The summed E-state index contributed by atoms with van der Waals surface area (Å²) >= 11 is 0. The molecule has 0 saturated carbocycles. The van der Waals surface area contributed by atoms with Gasteiger partial charge in [-0.1, -0.05) is 51.1 Å². The van der Waals surface area contributed by atoms with Crippen molar-refractivity contribution in [1.29, 1.82) is 0 Å². The standard InChI is InChI=1S/C19H37NO3Si2/c1-7-24(8-2,9-3)20(18-19-14-11-10-12-15-19)16-13-17-25(21-4,22-5)23-6/h10-12,14-15H,7-9,13,16-18H2,1-6H3. The van der Waals surface area contributed by atoms with E-state index in [2.05, 4.69) is 55.7 Å². The third-order valence-corrected chi connectivity index (χ3v) is 14.2. The fraction of sp³-hybridized carbons (Fsp3) is 0.684. The summed E-state index contributed by atoms with van der Waals surface area (Å²) in [7, 11) is 1.19. The molecule has 0 aliphatic carbocycles. The molecule has 1 rings (SSSR count). The van der Waals surface area contributed by atoms with E-state index in [-0.39, 0.29) is 0 Å². The van der Waals surface area contributed by atoms with Crippen molar-refractivity contribution in [3.8, 4) is 0 Å². The summed E-state index contributed by atoms with van der Waals surface area (Å²) < 4.78 is 19.6. The first-order chi connectivity index (χ1) is 12.0. The molecule has 6 heteroatoms. The van der Waals surface area contributed by atoms with Gasteiger partial charge < -0.3 is 17.8 Å². The van der Waals surface area contributed by atoms with Crippen LogP contribution in [0.3, 0.4) is 0 Å². The Balaban J connectivity index is 2.87. The summed E-state index contributed by atoms with van der Waals surface area (Å²) in [5.74, 6) is 0. The van der Waals surface area contributed by atoms with E-state index in [9.17, 15) is 0 Å². The highest BCUT2D eigenvalue weighted by Gasteiger charge is 2.39. The van der Waals surface area contributed by atoms with E-state index in [1.165, 1.54) is 23.7 Å². The SMILES string of the molecule is CC[Si](CC)(CC)N(CCC[Si](OC)(OC)OC)Cc1ccccc1. The minimum Gasteiger partial charge on any atom is -0.377 e. The van der Waals surface area contributed by atoms with Crippen LogP contribution in [0.4, 0.5) is 0 Å². The Morgan fingerprint density at radius 2 is 1.36 bits per heavy atom. The smallest absolute Gasteiger partial charge is 0.377 e. The van der Waals surface area contributed by atoms with Gasteiger partial charge in [-0.2, -0.15) is 0 Å². The third kappa shape index (κ3) is 6.01. The number of nitrogens with zero attached hydrogens (tertiary/aromatic N) is 1. The van der Waals surface area contributed by atoms with Crippen LogP contribution in [0.1, 0.15) is 32.8 Å². The van der Waals surface area contributed by atoms with Gasteiger partial charge in [0.05, 0.1) is 0 Å². The first kappa shape index (κ1) is 22.5. The molecular weight excluding hydrogens is 346 g/mol. The molecule has 144 valence electrons. The molecule has 0 fully saturated rings. The lowest BCUT2D eigenvalue weighted by Gasteiger charge is -2.41. The molecule has 0 unspecified atom stereocenters. The molecule has 1 aromatic carbocycles. The molecule has 0 bridgehead atoms. The summed E-state index contributed by atoms with van der Waals surface area (Å²) in [6, 6.07) is 15.6. The van der Waals surface area contributed by atoms with Crippen molar-refractivity contribution in [1.82, 2.24) is 4.57 Å². The van der Waals surface area contributed by atoms with Crippen LogP contribution in [-0.4, -0.2) is 49.5 Å². The fourth-order valence-corrected chi connectivity index (χ4v) is 9.45. The summed E-state index contributed by atoms with van der Waals surface area (Å²) in [5.41, 5.74) is 1.41. The van der Waals surface area contributed by atoms with Crippen LogP contribution in [0.2, 0.25) is 24.2 Å². The molecule has 0 aromatic heterocycles. The van der Waals surface area contributed by atoms with E-state index in [0.29, 0.717) is 0 Å². The quantitative estimate of drug-likeness (QED) is 0.459. The minimum absolute atomic E-state index is 0.864. The lowest BCUT2D eigenvalue weighted by molar-refractivity contribution is 0.122. The van der Waals surface area contributed by atoms with Gasteiger partial charge in [0.25, 0.3) is 0 Å². The Morgan fingerprint density at radius 3 is 1.80 bits per heavy atom. The molecule has 4 nitrogen and oxygen atoms in total. The molecule has 0 saturated heterocycles. The Labute approximate surface area is 156 Å². The van der Waals surface area contributed by atoms with Crippen LogP contribution in [0, 0.1) is 0 Å². The first-order valence-corrected chi connectivity index (χ1v) is 14.0. The molecule has 0 aliphatic heterocycles. The van der Waals surface area contributed by atoms with Crippen LogP contribution in [0.25, 0.3) is 0 Å². The van der Waals surface area contributed by atoms with Crippen LogP contribution >= 0.6 is 0 Å². The molecule has 0 heterocycles. The Hall–Kier alpha value is -0.506. The van der Waals surface area contributed by atoms with Crippen molar-refractivity contribution in [2.45, 2.75) is 57.9 Å². The van der Waals surface area contributed by atoms with E-state index in [1.807, 2.05) is 0 Å². The summed E-state index contributed by atoms with van der Waals surface area (Å²) in [4.78, 5) is 0. The van der Waals surface area contributed by atoms with E-state index < -0.39 is 17.0 Å². The van der Waals surface area contributed by atoms with Crippen molar-refractivity contribution in [3.63, 3.8) is 0 Å². The van der Waals surface area contributed by atoms with E-state index in [4.69, 9.17) is 13.3 Å². The molecule has 0 atom stereocenters. The van der Waals surface area contributed by atoms with Gasteiger partial charge in [-0.3, -0.25) is 0 Å². The van der Waals surface area contributed by atoms with Gasteiger partial charge in [0, 0.05) is 33.9 Å². The topological polar surface area (TPSA) is 30.9 Å². The normalized spacial score (nSPS) is 12.8. The van der Waals surface area contributed by atoms with Gasteiger partial charge >= 0.3 is 8.80 Å². The molecule has 0 aliphatic rings. The van der Waals surface area contributed by atoms with Gasteiger partial charge in [0.1, 0.15) is 8.24 Å². The highest BCUT2D eigenvalue weighted by molar-refractivity contribution is 6.77. The van der Waals surface area contributed by atoms with Crippen molar-refractivity contribution in [3.05, 3.63) is 35.9 Å². The molecule has 25 heavy (non-hydrogen) atoms. The third-order valence-electron chi connectivity index (χ3n) is 5.71. The molecule has 0 amide bonds. The van der Waals surface area contributed by atoms with E-state index in [1.54, 1.807) is 21.3 Å². The maximum atomic E-state index is 5.59. The highest BCUT2D eigenvalue weighted by Crippen LogP contribution is 2.28. The number of benzene rings is 1. The van der Waals surface area contributed by atoms with Gasteiger partial charge in [-0.25, -0.2) is 0 Å². The monoisotopic (exact) mass is 383 g/mol. The van der Waals surface area contributed by atoms with Crippen LogP contribution in [-0.2, 0) is 19.8 Å². The van der Waals surface area contributed by atoms with Crippen molar-refractivity contribution in [2.24, 2.45) is 0 Å². The predicted octanol–water partition coefficient (Wildman–Crippen LogP) is 4.76. The maximum absolute atomic E-state index is 5.59. The molecule has 0 N–H and O–H groups in total. The zero-order valence-corrected chi connectivity index (χ0v) is 19.0. The molecule has 0 spiro atoms. The van der Waals surface area contributed by atoms with Crippen LogP contribution in [0.5, 0.6) is 0 Å². The number of hydrogen-bond donors (Lipinski definition) is 0. The minimum atomic E-state index is -2.48. The van der Waals surface area contributed by atoms with Crippen molar-refractivity contribution in [2.75, 3.05) is 27.9 Å². The molecular formula is C19H37NO3Si2. The fourth-order valence-electron chi connectivity index (χ4n) is 3.75. The summed E-state index contributed by atoms with van der Waals surface area (Å²) in [6.07, 6.45) is 1.04. The van der Waals surface area contributed by atoms with Gasteiger partial charge in [0.15, 0.2) is 0 Å². The van der Waals surface area contributed by atoms with Crippen molar-refractivity contribution >= 4 is 17.0 Å². The molecule has 0 radical (unpaired) electrons. The summed E-state index contributed by atoms with van der Waals surface area (Å²) in [6.45, 7) is 9.24. The Kier molecular flexibility index (Phi) is 10.1. The first-order valence-electron chi connectivity index (χ1n) is 9.49. The predicted molar refractivity (Wildman–Crippen MR) is 110 cm³/mol. The van der Waals surface area contributed by atoms with Crippen LogP contribution in [0.15, 0.2) is 30.3 Å². The lowest BCUT2D eigenvalue weighted by Crippen LogP contribution is -2.52. The number of rotatable bonds is 13. The Bertz CT molecular complexity index is 448. The average Bonchev–Trinajstić information content (AvgIpc) is 2.68.